The first-order valence-corrected chi connectivity index (χ1v) is 9.82. The molecule has 3 rings (SSSR count). The number of nitrogens with one attached hydrogen (secondary N) is 1. The summed E-state index contributed by atoms with van der Waals surface area (Å²) in [5.41, 5.74) is 0.410. The van der Waals surface area contributed by atoms with Gasteiger partial charge in [-0.25, -0.2) is 4.79 Å². The van der Waals surface area contributed by atoms with E-state index in [0.29, 0.717) is 5.75 Å². The van der Waals surface area contributed by atoms with Gasteiger partial charge in [-0.15, -0.1) is 0 Å². The molecule has 1 heterocycles. The second-order valence-corrected chi connectivity index (χ2v) is 7.29. The van der Waals surface area contributed by atoms with Crippen molar-refractivity contribution in [3.63, 3.8) is 0 Å². The Bertz CT molecular complexity index is 1080. The van der Waals surface area contributed by atoms with E-state index in [2.05, 4.69) is 10.3 Å². The molecule has 1 aromatic heterocycles. The van der Waals surface area contributed by atoms with Gasteiger partial charge in [0.25, 0.3) is 5.91 Å². The second-order valence-electron chi connectivity index (χ2n) is 6.07. The molecule has 1 atom stereocenters. The quantitative estimate of drug-likeness (QED) is 0.356. The van der Waals surface area contributed by atoms with Crippen LogP contribution in [0.25, 0.3) is 0 Å². The zero-order chi connectivity index (χ0) is 21.7. The average molecular weight is 466 g/mol. The minimum absolute atomic E-state index is 0.161. The molecule has 30 heavy (non-hydrogen) atoms. The van der Waals surface area contributed by atoms with Crippen LogP contribution in [-0.2, 0) is 9.53 Å². The average Bonchev–Trinajstić information content (AvgIpc) is 2.73. The number of esters is 1. The minimum Gasteiger partial charge on any atom is -0.455 e. The van der Waals surface area contributed by atoms with Crippen molar-refractivity contribution in [3.05, 3.63) is 81.6 Å². The predicted molar refractivity (Wildman–Crippen MR) is 116 cm³/mol. The van der Waals surface area contributed by atoms with Gasteiger partial charge in [0.1, 0.15) is 17.1 Å². The number of rotatable bonds is 6. The topological polar surface area (TPSA) is 77.5 Å². The zero-order valence-corrected chi connectivity index (χ0v) is 17.8. The van der Waals surface area contributed by atoms with Gasteiger partial charge in [-0.2, -0.15) is 0 Å². The molecule has 0 fully saturated rings. The number of ether oxygens (including phenoxy) is 2. The first kappa shape index (κ1) is 21.9. The number of hydrogen-bond acceptors (Lipinski definition) is 5. The van der Waals surface area contributed by atoms with Crippen LogP contribution in [0.5, 0.6) is 11.5 Å². The lowest BCUT2D eigenvalue weighted by Crippen LogP contribution is -2.30. The van der Waals surface area contributed by atoms with Gasteiger partial charge < -0.3 is 14.8 Å². The van der Waals surface area contributed by atoms with Gasteiger partial charge in [0.15, 0.2) is 6.10 Å². The Kier molecular flexibility index (Phi) is 7.15. The molecule has 0 aliphatic carbocycles. The number of para-hydroxylation sites is 1. The zero-order valence-electron chi connectivity index (χ0n) is 15.6. The molecule has 2 aromatic carbocycles. The van der Waals surface area contributed by atoms with E-state index in [0.717, 1.165) is 0 Å². The second kappa shape index (κ2) is 9.80. The summed E-state index contributed by atoms with van der Waals surface area (Å²) in [6.07, 6.45) is 2.00. The molecule has 9 heteroatoms. The van der Waals surface area contributed by atoms with Crippen molar-refractivity contribution in [1.82, 2.24) is 4.98 Å². The van der Waals surface area contributed by atoms with Crippen LogP contribution in [0.2, 0.25) is 15.1 Å². The third-order valence-corrected chi connectivity index (χ3v) is 4.92. The lowest BCUT2D eigenvalue weighted by atomic mass is 10.2. The number of benzene rings is 2. The maximum atomic E-state index is 12.6. The number of aromatic nitrogens is 1. The molecule has 154 valence electrons. The molecule has 0 aliphatic heterocycles. The standard InChI is InChI=1S/C21H15Cl3N2O4/c1-12(20(27)26-18-10-16(23)15(22)9-17(18)24)29-21(28)14-6-2-3-7-19(14)30-13-5-4-8-25-11-13/h2-12H,1H3,(H,26,27). The van der Waals surface area contributed by atoms with Crippen LogP contribution < -0.4 is 10.1 Å². The van der Waals surface area contributed by atoms with E-state index >= 15 is 0 Å². The van der Waals surface area contributed by atoms with Crippen molar-refractivity contribution in [3.8, 4) is 11.5 Å². The van der Waals surface area contributed by atoms with E-state index in [9.17, 15) is 9.59 Å². The summed E-state index contributed by atoms with van der Waals surface area (Å²) in [4.78, 5) is 29.0. The van der Waals surface area contributed by atoms with Gasteiger partial charge in [0.2, 0.25) is 0 Å². The molecule has 1 amide bonds. The van der Waals surface area contributed by atoms with E-state index in [4.69, 9.17) is 44.3 Å². The summed E-state index contributed by atoms with van der Waals surface area (Å²) < 4.78 is 11.0. The first-order valence-electron chi connectivity index (χ1n) is 8.68. The highest BCUT2D eigenvalue weighted by Crippen LogP contribution is 2.32. The van der Waals surface area contributed by atoms with Crippen LogP contribution in [-0.4, -0.2) is 23.0 Å². The highest BCUT2D eigenvalue weighted by molar-refractivity contribution is 6.44. The maximum Gasteiger partial charge on any atom is 0.342 e. The highest BCUT2D eigenvalue weighted by atomic mass is 35.5. The van der Waals surface area contributed by atoms with E-state index < -0.39 is 18.0 Å². The maximum absolute atomic E-state index is 12.6. The van der Waals surface area contributed by atoms with E-state index in [1.54, 1.807) is 36.5 Å². The largest absolute Gasteiger partial charge is 0.455 e. The fraction of sp³-hybridized carbons (Fsp3) is 0.0952. The number of halogens is 3. The number of hydrogen-bond donors (Lipinski definition) is 1. The number of carbonyl (C=O) groups excluding carboxylic acids is 2. The molecule has 0 bridgehead atoms. The van der Waals surface area contributed by atoms with Gasteiger partial charge in [-0.1, -0.05) is 46.9 Å². The molecular weight excluding hydrogens is 451 g/mol. The SMILES string of the molecule is CC(OC(=O)c1ccccc1Oc1cccnc1)C(=O)Nc1cc(Cl)c(Cl)cc1Cl. The van der Waals surface area contributed by atoms with Crippen LogP contribution >= 0.6 is 34.8 Å². The summed E-state index contributed by atoms with van der Waals surface area (Å²) >= 11 is 17.9. The molecule has 0 aliphatic rings. The Hall–Kier alpha value is -2.80. The van der Waals surface area contributed by atoms with Crippen molar-refractivity contribution in [2.75, 3.05) is 5.32 Å². The molecular formula is C21H15Cl3N2O4. The molecule has 0 spiro atoms. The molecule has 0 saturated heterocycles. The predicted octanol–water partition coefficient (Wildman–Crippen LogP) is 6.02. The van der Waals surface area contributed by atoms with Gasteiger partial charge in [0.05, 0.1) is 27.0 Å². The van der Waals surface area contributed by atoms with Crippen LogP contribution in [0.3, 0.4) is 0 Å². The van der Waals surface area contributed by atoms with Crippen LogP contribution in [0, 0.1) is 0 Å². The molecule has 3 aromatic rings. The molecule has 1 N–H and O–H groups in total. The Morgan fingerprint density at radius 2 is 1.73 bits per heavy atom. The van der Waals surface area contributed by atoms with Crippen LogP contribution in [0.1, 0.15) is 17.3 Å². The summed E-state index contributed by atoms with van der Waals surface area (Å²) in [6.45, 7) is 1.43. The van der Waals surface area contributed by atoms with Crippen molar-refractivity contribution < 1.29 is 19.1 Å². The Morgan fingerprint density at radius 1 is 1.00 bits per heavy atom. The molecule has 0 saturated carbocycles. The van der Waals surface area contributed by atoms with Crippen LogP contribution in [0.4, 0.5) is 5.69 Å². The molecule has 1 unspecified atom stereocenters. The van der Waals surface area contributed by atoms with E-state index in [-0.39, 0.29) is 32.1 Å². The number of carbonyl (C=O) groups is 2. The summed E-state index contributed by atoms with van der Waals surface area (Å²) in [5.74, 6) is -0.583. The first-order chi connectivity index (χ1) is 14.3. The third-order valence-electron chi connectivity index (χ3n) is 3.89. The smallest absolute Gasteiger partial charge is 0.342 e. The Morgan fingerprint density at radius 3 is 2.47 bits per heavy atom. The Balaban J connectivity index is 1.70. The number of nitrogens with zero attached hydrogens (tertiary/aromatic N) is 1. The highest BCUT2D eigenvalue weighted by Gasteiger charge is 2.22. The molecule has 6 nitrogen and oxygen atoms in total. The van der Waals surface area contributed by atoms with E-state index in [1.807, 2.05) is 0 Å². The van der Waals surface area contributed by atoms with Crippen LogP contribution in [0.15, 0.2) is 60.9 Å². The van der Waals surface area contributed by atoms with Crippen molar-refractivity contribution in [2.24, 2.45) is 0 Å². The lowest BCUT2D eigenvalue weighted by Gasteiger charge is -2.16. The summed E-state index contributed by atoms with van der Waals surface area (Å²) in [6, 6.07) is 12.7. The number of anilines is 1. The monoisotopic (exact) mass is 464 g/mol. The van der Waals surface area contributed by atoms with Crippen molar-refractivity contribution in [2.45, 2.75) is 13.0 Å². The van der Waals surface area contributed by atoms with Gasteiger partial charge in [-0.05, 0) is 43.3 Å². The lowest BCUT2D eigenvalue weighted by molar-refractivity contribution is -0.123. The fourth-order valence-electron chi connectivity index (χ4n) is 2.39. The summed E-state index contributed by atoms with van der Waals surface area (Å²) in [7, 11) is 0. The van der Waals surface area contributed by atoms with Crippen molar-refractivity contribution in [1.29, 1.82) is 0 Å². The fourth-order valence-corrected chi connectivity index (χ4v) is 2.98. The van der Waals surface area contributed by atoms with Gasteiger partial charge in [0, 0.05) is 6.20 Å². The minimum atomic E-state index is -1.12. The van der Waals surface area contributed by atoms with E-state index in [1.165, 1.54) is 31.3 Å². The number of amides is 1. The summed E-state index contributed by atoms with van der Waals surface area (Å²) in [5, 5.41) is 3.24. The van der Waals surface area contributed by atoms with Crippen molar-refractivity contribution >= 4 is 52.4 Å². The van der Waals surface area contributed by atoms with Gasteiger partial charge in [-0.3, -0.25) is 9.78 Å². The normalized spacial score (nSPS) is 11.5. The number of pyridine rings is 1. The Labute approximate surface area is 187 Å². The molecule has 0 radical (unpaired) electrons. The van der Waals surface area contributed by atoms with Gasteiger partial charge >= 0.3 is 5.97 Å². The third kappa shape index (κ3) is 5.42.